The third-order valence-corrected chi connectivity index (χ3v) is 5.64. The maximum Gasteiger partial charge on any atom is 0.0690 e. The average Bonchev–Trinajstić information content (AvgIpc) is 2.94. The van der Waals surface area contributed by atoms with Gasteiger partial charge in [0.05, 0.1) is 5.71 Å². The number of benzene rings is 3. The number of fused-ring (bicyclic) bond motifs is 1. The molecule has 0 heterocycles. The number of allylic oxidation sites excluding steroid dienone is 4. The lowest BCUT2D eigenvalue weighted by Crippen LogP contribution is -2.06. The first-order valence-corrected chi connectivity index (χ1v) is 9.10. The van der Waals surface area contributed by atoms with Crippen molar-refractivity contribution in [3.63, 3.8) is 0 Å². The normalized spacial score (nSPS) is 14.4. The molecule has 0 saturated carbocycles. The highest BCUT2D eigenvalue weighted by atomic mass is 14.4. The highest BCUT2D eigenvalue weighted by Crippen LogP contribution is 2.40. The van der Waals surface area contributed by atoms with Gasteiger partial charge in [-0.05, 0) is 72.4 Å². The minimum absolute atomic E-state index is 0.592. The molecule has 0 saturated heterocycles. The van der Waals surface area contributed by atoms with Crippen molar-refractivity contribution in [2.45, 2.75) is 27.2 Å². The molecule has 1 aliphatic rings. The van der Waals surface area contributed by atoms with E-state index in [-0.39, 0.29) is 0 Å². The van der Waals surface area contributed by atoms with Crippen LogP contribution in [0.5, 0.6) is 0 Å². The number of hydrogen-bond donors (Lipinski definition) is 1. The fourth-order valence-corrected chi connectivity index (χ4v) is 3.83. The van der Waals surface area contributed by atoms with Crippen molar-refractivity contribution in [3.05, 3.63) is 100 Å². The molecule has 26 heavy (non-hydrogen) atoms. The molecule has 0 amide bonds. The van der Waals surface area contributed by atoms with Crippen LogP contribution in [0.15, 0.2) is 83.4 Å². The van der Waals surface area contributed by atoms with E-state index >= 15 is 0 Å². The Labute approximate surface area is 155 Å². The molecule has 0 atom stereocenters. The summed E-state index contributed by atoms with van der Waals surface area (Å²) in [5.74, 6) is 0. The molecular weight excluding hydrogens is 314 g/mol. The van der Waals surface area contributed by atoms with Gasteiger partial charge in [0.2, 0.25) is 0 Å². The molecule has 0 radical (unpaired) electrons. The van der Waals surface area contributed by atoms with Crippen molar-refractivity contribution in [2.75, 3.05) is 0 Å². The van der Waals surface area contributed by atoms with Crippen molar-refractivity contribution < 1.29 is 0 Å². The van der Waals surface area contributed by atoms with Gasteiger partial charge in [-0.3, -0.25) is 5.41 Å². The quantitative estimate of drug-likeness (QED) is 0.510. The summed E-state index contributed by atoms with van der Waals surface area (Å²) in [5, 5.41) is 11.3. The van der Waals surface area contributed by atoms with Crippen LogP contribution in [0, 0.1) is 5.41 Å². The van der Waals surface area contributed by atoms with Crippen LogP contribution in [-0.2, 0) is 0 Å². The SMILES string of the molecule is CC1=C(C)C(C)=C(c2cc3ccccc3cc2C(=N)c2ccccc2)C1. The lowest BCUT2D eigenvalue weighted by molar-refractivity contribution is 1.22. The maximum atomic E-state index is 8.88. The second kappa shape index (κ2) is 6.42. The van der Waals surface area contributed by atoms with Crippen LogP contribution in [0.1, 0.15) is 43.9 Å². The maximum absolute atomic E-state index is 8.88. The molecule has 4 rings (SSSR count). The van der Waals surface area contributed by atoms with E-state index in [0.29, 0.717) is 5.71 Å². The van der Waals surface area contributed by atoms with Gasteiger partial charge in [0.25, 0.3) is 0 Å². The van der Waals surface area contributed by atoms with Crippen LogP contribution in [-0.4, -0.2) is 5.71 Å². The van der Waals surface area contributed by atoms with Gasteiger partial charge in [0.15, 0.2) is 0 Å². The second-order valence-corrected chi connectivity index (χ2v) is 7.17. The Morgan fingerprint density at radius 1 is 0.769 bits per heavy atom. The molecule has 3 aromatic rings. The number of hydrogen-bond acceptors (Lipinski definition) is 1. The Morgan fingerprint density at radius 3 is 2.00 bits per heavy atom. The molecule has 128 valence electrons. The molecule has 0 aliphatic heterocycles. The zero-order chi connectivity index (χ0) is 18.3. The Kier molecular flexibility index (Phi) is 4.08. The summed E-state index contributed by atoms with van der Waals surface area (Å²) in [7, 11) is 0. The number of rotatable bonds is 3. The Morgan fingerprint density at radius 2 is 1.38 bits per heavy atom. The van der Waals surface area contributed by atoms with E-state index in [1.165, 1.54) is 38.6 Å². The molecule has 0 aromatic heterocycles. The van der Waals surface area contributed by atoms with Crippen LogP contribution in [0.25, 0.3) is 16.3 Å². The van der Waals surface area contributed by atoms with E-state index in [0.717, 1.165) is 17.5 Å². The summed E-state index contributed by atoms with van der Waals surface area (Å²) < 4.78 is 0. The van der Waals surface area contributed by atoms with Gasteiger partial charge in [-0.15, -0.1) is 0 Å². The molecule has 1 heteroatoms. The van der Waals surface area contributed by atoms with Gasteiger partial charge < -0.3 is 0 Å². The predicted molar refractivity (Wildman–Crippen MR) is 112 cm³/mol. The molecule has 0 bridgehead atoms. The third-order valence-electron chi connectivity index (χ3n) is 5.64. The first-order chi connectivity index (χ1) is 12.6. The zero-order valence-electron chi connectivity index (χ0n) is 15.6. The third kappa shape index (κ3) is 2.70. The summed E-state index contributed by atoms with van der Waals surface area (Å²) in [6, 6.07) is 22.9. The summed E-state index contributed by atoms with van der Waals surface area (Å²) in [4.78, 5) is 0. The van der Waals surface area contributed by atoms with E-state index in [1.807, 2.05) is 30.3 Å². The highest BCUT2D eigenvalue weighted by Gasteiger charge is 2.21. The summed E-state index contributed by atoms with van der Waals surface area (Å²) >= 11 is 0. The van der Waals surface area contributed by atoms with Crippen LogP contribution in [0.3, 0.4) is 0 Å². The van der Waals surface area contributed by atoms with Gasteiger partial charge >= 0.3 is 0 Å². The van der Waals surface area contributed by atoms with Crippen LogP contribution < -0.4 is 0 Å². The molecule has 1 nitrogen and oxygen atoms in total. The highest BCUT2D eigenvalue weighted by molar-refractivity contribution is 6.15. The van der Waals surface area contributed by atoms with Gasteiger partial charge in [-0.25, -0.2) is 0 Å². The monoisotopic (exact) mass is 337 g/mol. The first-order valence-electron chi connectivity index (χ1n) is 9.10. The smallest absolute Gasteiger partial charge is 0.0690 e. The molecule has 3 aromatic carbocycles. The van der Waals surface area contributed by atoms with E-state index in [1.54, 1.807) is 0 Å². The molecular formula is C25H23N. The van der Waals surface area contributed by atoms with Crippen molar-refractivity contribution >= 4 is 22.1 Å². The van der Waals surface area contributed by atoms with Gasteiger partial charge in [0, 0.05) is 11.1 Å². The van der Waals surface area contributed by atoms with Crippen LogP contribution >= 0.6 is 0 Å². The van der Waals surface area contributed by atoms with Gasteiger partial charge in [-0.1, -0.05) is 60.2 Å². The minimum Gasteiger partial charge on any atom is -0.300 e. The van der Waals surface area contributed by atoms with E-state index in [2.05, 4.69) is 57.2 Å². The molecule has 0 spiro atoms. The minimum atomic E-state index is 0.592. The predicted octanol–water partition coefficient (Wildman–Crippen LogP) is 6.77. The second-order valence-electron chi connectivity index (χ2n) is 7.17. The van der Waals surface area contributed by atoms with E-state index in [4.69, 9.17) is 5.41 Å². The van der Waals surface area contributed by atoms with Crippen molar-refractivity contribution in [1.29, 1.82) is 5.41 Å². The first kappa shape index (κ1) is 16.5. The van der Waals surface area contributed by atoms with E-state index in [9.17, 15) is 0 Å². The lowest BCUT2D eigenvalue weighted by Gasteiger charge is -2.16. The zero-order valence-corrected chi connectivity index (χ0v) is 15.6. The van der Waals surface area contributed by atoms with Crippen LogP contribution in [0.2, 0.25) is 0 Å². The Hall–Kier alpha value is -2.93. The Balaban J connectivity index is 1.96. The standard InChI is InChI=1S/C25H23N/c1-16-13-22(18(3)17(16)2)23-14-20-11-7-8-12-21(20)15-24(23)25(26)19-9-5-4-6-10-19/h4-12,14-15,26H,13H2,1-3H3. The van der Waals surface area contributed by atoms with Crippen molar-refractivity contribution in [3.8, 4) is 0 Å². The lowest BCUT2D eigenvalue weighted by atomic mass is 9.88. The summed E-state index contributed by atoms with van der Waals surface area (Å²) in [6.07, 6.45) is 0.977. The van der Waals surface area contributed by atoms with E-state index < -0.39 is 0 Å². The van der Waals surface area contributed by atoms with Gasteiger partial charge in [0.1, 0.15) is 0 Å². The van der Waals surface area contributed by atoms with Crippen LogP contribution in [0.4, 0.5) is 0 Å². The largest absolute Gasteiger partial charge is 0.300 e. The molecule has 1 aliphatic carbocycles. The van der Waals surface area contributed by atoms with Crippen molar-refractivity contribution in [1.82, 2.24) is 0 Å². The molecule has 1 N–H and O–H groups in total. The fraction of sp³-hybridized carbons (Fsp3) is 0.160. The fourth-order valence-electron chi connectivity index (χ4n) is 3.83. The summed E-state index contributed by atoms with van der Waals surface area (Å²) in [6.45, 7) is 6.64. The number of nitrogens with one attached hydrogen (secondary N) is 1. The Bertz CT molecular complexity index is 1080. The topological polar surface area (TPSA) is 23.9 Å². The average molecular weight is 337 g/mol. The molecule has 0 unspecified atom stereocenters. The van der Waals surface area contributed by atoms with Gasteiger partial charge in [-0.2, -0.15) is 0 Å². The molecule has 0 fully saturated rings. The summed E-state index contributed by atoms with van der Waals surface area (Å²) in [5.41, 5.74) is 9.32. The van der Waals surface area contributed by atoms with Crippen molar-refractivity contribution in [2.24, 2.45) is 0 Å².